The van der Waals surface area contributed by atoms with Gasteiger partial charge in [-0.3, -0.25) is 14.6 Å². The van der Waals surface area contributed by atoms with Gasteiger partial charge in [0.2, 0.25) is 5.91 Å². The largest absolute Gasteiger partial charge is 0.368 e. The summed E-state index contributed by atoms with van der Waals surface area (Å²) in [6.07, 6.45) is 1.76. The Bertz CT molecular complexity index is 1440. The molecule has 0 unspecified atom stereocenters. The molecule has 3 N–H and O–H groups in total. The molecule has 0 aliphatic carbocycles. The van der Waals surface area contributed by atoms with Gasteiger partial charge in [0.25, 0.3) is 5.91 Å². The Balaban J connectivity index is 1.51. The van der Waals surface area contributed by atoms with Crippen molar-refractivity contribution in [1.82, 2.24) is 15.3 Å². The highest BCUT2D eigenvalue weighted by Gasteiger charge is 2.23. The van der Waals surface area contributed by atoms with E-state index in [2.05, 4.69) is 21.4 Å². The Kier molecular flexibility index (Phi) is 4.95. The SMILES string of the molecule is NC(=O)[C@H](Cc1cnc2ccccc2n1)NC(=O)c1c2ccccc2cc2ccccc12. The van der Waals surface area contributed by atoms with E-state index in [0.29, 0.717) is 11.3 Å². The van der Waals surface area contributed by atoms with Gasteiger partial charge >= 0.3 is 0 Å². The third-order valence-electron chi connectivity index (χ3n) is 5.56. The van der Waals surface area contributed by atoms with E-state index in [9.17, 15) is 9.59 Å². The number of hydrogen-bond donors (Lipinski definition) is 2. The van der Waals surface area contributed by atoms with Gasteiger partial charge in [-0.15, -0.1) is 0 Å². The number of aromatic nitrogens is 2. The van der Waals surface area contributed by atoms with E-state index < -0.39 is 11.9 Å². The Hall–Kier alpha value is -4.32. The molecule has 5 rings (SSSR count). The van der Waals surface area contributed by atoms with Gasteiger partial charge in [0.1, 0.15) is 6.04 Å². The zero-order valence-corrected chi connectivity index (χ0v) is 17.2. The molecule has 4 aromatic carbocycles. The van der Waals surface area contributed by atoms with Crippen molar-refractivity contribution in [3.63, 3.8) is 0 Å². The smallest absolute Gasteiger partial charge is 0.253 e. The van der Waals surface area contributed by atoms with Crippen LogP contribution in [0, 0.1) is 0 Å². The van der Waals surface area contributed by atoms with Gasteiger partial charge in [0, 0.05) is 12.6 Å². The molecule has 0 bridgehead atoms. The normalized spacial score (nSPS) is 12.1. The fourth-order valence-corrected chi connectivity index (χ4v) is 4.01. The number of fused-ring (bicyclic) bond motifs is 3. The van der Waals surface area contributed by atoms with Crippen molar-refractivity contribution in [3.05, 3.63) is 96.3 Å². The van der Waals surface area contributed by atoms with E-state index in [1.54, 1.807) is 6.20 Å². The Morgan fingerprint density at radius 3 is 2.09 bits per heavy atom. The first-order chi connectivity index (χ1) is 15.6. The number of primary amides is 1. The van der Waals surface area contributed by atoms with Crippen LogP contribution in [0.1, 0.15) is 16.1 Å². The molecule has 0 saturated carbocycles. The Morgan fingerprint density at radius 2 is 1.44 bits per heavy atom. The lowest BCUT2D eigenvalue weighted by atomic mass is 9.96. The average Bonchev–Trinajstić information content (AvgIpc) is 2.81. The van der Waals surface area contributed by atoms with Crippen LogP contribution in [0.25, 0.3) is 32.6 Å². The van der Waals surface area contributed by atoms with E-state index in [-0.39, 0.29) is 12.3 Å². The maximum atomic E-state index is 13.4. The number of nitrogens with two attached hydrogens (primary N) is 1. The average molecular weight is 420 g/mol. The number of amides is 2. The molecular formula is C26H20N4O2. The topological polar surface area (TPSA) is 98.0 Å². The highest BCUT2D eigenvalue weighted by Crippen LogP contribution is 2.28. The van der Waals surface area contributed by atoms with E-state index in [0.717, 1.165) is 32.6 Å². The van der Waals surface area contributed by atoms with Gasteiger partial charge < -0.3 is 11.1 Å². The molecule has 1 heterocycles. The van der Waals surface area contributed by atoms with Gasteiger partial charge in [0.05, 0.1) is 22.3 Å². The second-order valence-electron chi connectivity index (χ2n) is 7.68. The molecular weight excluding hydrogens is 400 g/mol. The third kappa shape index (κ3) is 3.63. The second-order valence-corrected chi connectivity index (χ2v) is 7.68. The summed E-state index contributed by atoms with van der Waals surface area (Å²) in [5, 5.41) is 6.37. The first-order valence-corrected chi connectivity index (χ1v) is 10.3. The maximum Gasteiger partial charge on any atom is 0.253 e. The van der Waals surface area contributed by atoms with Crippen LogP contribution in [0.4, 0.5) is 0 Å². The Morgan fingerprint density at radius 1 is 0.844 bits per heavy atom. The summed E-state index contributed by atoms with van der Waals surface area (Å²) in [5.41, 5.74) is 8.23. The van der Waals surface area contributed by atoms with Crippen LogP contribution >= 0.6 is 0 Å². The second kappa shape index (κ2) is 8.07. The van der Waals surface area contributed by atoms with Crippen LogP contribution in [-0.4, -0.2) is 27.8 Å². The molecule has 6 heteroatoms. The van der Waals surface area contributed by atoms with Crippen LogP contribution in [0.2, 0.25) is 0 Å². The minimum absolute atomic E-state index is 0.154. The van der Waals surface area contributed by atoms with Gasteiger partial charge in [-0.25, -0.2) is 4.98 Å². The fraction of sp³-hybridized carbons (Fsp3) is 0.0769. The van der Waals surface area contributed by atoms with Crippen molar-refractivity contribution in [2.75, 3.05) is 0 Å². The third-order valence-corrected chi connectivity index (χ3v) is 5.56. The fourth-order valence-electron chi connectivity index (χ4n) is 4.01. The molecule has 1 atom stereocenters. The summed E-state index contributed by atoms with van der Waals surface area (Å²) in [6, 6.07) is 24.0. The first kappa shape index (κ1) is 19.6. The number of para-hydroxylation sites is 2. The highest BCUT2D eigenvalue weighted by atomic mass is 16.2. The summed E-state index contributed by atoms with van der Waals surface area (Å²) < 4.78 is 0. The molecule has 0 radical (unpaired) electrons. The number of carbonyl (C=O) groups excluding carboxylic acids is 2. The Labute approximate surface area is 184 Å². The lowest BCUT2D eigenvalue weighted by molar-refractivity contribution is -0.119. The summed E-state index contributed by atoms with van der Waals surface area (Å²) in [6.45, 7) is 0. The van der Waals surface area contributed by atoms with Crippen LogP contribution < -0.4 is 11.1 Å². The van der Waals surface area contributed by atoms with Crippen molar-refractivity contribution in [2.24, 2.45) is 5.73 Å². The van der Waals surface area contributed by atoms with Gasteiger partial charge in [-0.2, -0.15) is 0 Å². The van der Waals surface area contributed by atoms with Crippen molar-refractivity contribution in [3.8, 4) is 0 Å². The van der Waals surface area contributed by atoms with Crippen molar-refractivity contribution in [1.29, 1.82) is 0 Å². The number of nitrogens with one attached hydrogen (secondary N) is 1. The molecule has 0 spiro atoms. The maximum absolute atomic E-state index is 13.4. The molecule has 1 aromatic heterocycles. The van der Waals surface area contributed by atoms with Crippen molar-refractivity contribution in [2.45, 2.75) is 12.5 Å². The molecule has 0 fully saturated rings. The predicted molar refractivity (Wildman–Crippen MR) is 125 cm³/mol. The van der Waals surface area contributed by atoms with E-state index >= 15 is 0 Å². The van der Waals surface area contributed by atoms with Crippen LogP contribution in [0.5, 0.6) is 0 Å². The van der Waals surface area contributed by atoms with Gasteiger partial charge in [0.15, 0.2) is 0 Å². The van der Waals surface area contributed by atoms with Crippen LogP contribution in [-0.2, 0) is 11.2 Å². The molecule has 0 aliphatic rings. The lowest BCUT2D eigenvalue weighted by Crippen LogP contribution is -2.46. The predicted octanol–water partition coefficient (Wildman–Crippen LogP) is 3.76. The summed E-state index contributed by atoms with van der Waals surface area (Å²) in [4.78, 5) is 34.6. The molecule has 32 heavy (non-hydrogen) atoms. The number of nitrogens with zero attached hydrogens (tertiary/aromatic N) is 2. The zero-order valence-electron chi connectivity index (χ0n) is 17.2. The molecule has 2 amide bonds. The van der Waals surface area contributed by atoms with Crippen LogP contribution in [0.3, 0.4) is 0 Å². The molecule has 156 valence electrons. The summed E-state index contributed by atoms with van der Waals surface area (Å²) in [5.74, 6) is -0.978. The summed E-state index contributed by atoms with van der Waals surface area (Å²) >= 11 is 0. The molecule has 6 nitrogen and oxygen atoms in total. The van der Waals surface area contributed by atoms with E-state index in [4.69, 9.17) is 5.73 Å². The minimum atomic E-state index is -0.921. The quantitative estimate of drug-likeness (QED) is 0.423. The van der Waals surface area contributed by atoms with Crippen molar-refractivity contribution < 1.29 is 9.59 Å². The van der Waals surface area contributed by atoms with Crippen molar-refractivity contribution >= 4 is 44.4 Å². The number of carbonyl (C=O) groups is 2. The van der Waals surface area contributed by atoms with Gasteiger partial charge in [-0.1, -0.05) is 60.7 Å². The molecule has 5 aromatic rings. The highest BCUT2D eigenvalue weighted by molar-refractivity contribution is 6.18. The minimum Gasteiger partial charge on any atom is -0.368 e. The summed E-state index contributed by atoms with van der Waals surface area (Å²) in [7, 11) is 0. The van der Waals surface area contributed by atoms with E-state index in [1.807, 2.05) is 72.8 Å². The van der Waals surface area contributed by atoms with Crippen LogP contribution in [0.15, 0.2) is 85.1 Å². The van der Waals surface area contributed by atoms with E-state index in [1.165, 1.54) is 0 Å². The monoisotopic (exact) mass is 420 g/mol. The zero-order chi connectivity index (χ0) is 22.1. The number of hydrogen-bond acceptors (Lipinski definition) is 4. The molecule has 0 saturated heterocycles. The first-order valence-electron chi connectivity index (χ1n) is 10.3. The molecule has 0 aliphatic heterocycles. The number of rotatable bonds is 5. The standard InChI is InChI=1S/C26H20N4O2/c27-25(31)23(14-18-15-28-21-11-5-6-12-22(21)29-18)30-26(32)24-19-9-3-1-7-16(19)13-17-8-2-4-10-20(17)24/h1-13,15,23H,14H2,(H2,27,31)(H,30,32)/t23-/m0/s1. The van der Waals surface area contributed by atoms with Gasteiger partial charge in [-0.05, 0) is 39.7 Å². The lowest BCUT2D eigenvalue weighted by Gasteiger charge is -2.17. The number of benzene rings is 4.